The molecule has 0 radical (unpaired) electrons. The van der Waals surface area contributed by atoms with Gasteiger partial charge >= 0.3 is 0 Å². The number of hydrogen-bond acceptors (Lipinski definition) is 4. The van der Waals surface area contributed by atoms with Crippen molar-refractivity contribution < 1.29 is 19.0 Å². The second-order valence-corrected chi connectivity index (χ2v) is 4.74. The summed E-state index contributed by atoms with van der Waals surface area (Å²) in [5, 5.41) is 0. The van der Waals surface area contributed by atoms with Crippen molar-refractivity contribution in [2.24, 2.45) is 0 Å². The van der Waals surface area contributed by atoms with Crippen molar-refractivity contribution in [2.75, 3.05) is 13.4 Å². The first-order valence-corrected chi connectivity index (χ1v) is 7.12. The largest absolute Gasteiger partial charge is 0.493 e. The maximum absolute atomic E-state index is 12.3. The smallest absolute Gasteiger partial charge is 0.231 e. The van der Waals surface area contributed by atoms with Crippen molar-refractivity contribution in [1.82, 2.24) is 0 Å². The van der Waals surface area contributed by atoms with Gasteiger partial charge in [0.25, 0.3) is 0 Å². The lowest BCUT2D eigenvalue weighted by molar-refractivity contribution is 0.104. The number of ether oxygens (including phenoxy) is 3. The standard InChI is InChI=1S/C18H16O4/c1-2-20-16-6-4-3-5-14(16)15(19)9-7-13-8-10-17-18(11-13)22-12-21-17/h3-11H,2,12H2,1H3/b9-7+. The first-order chi connectivity index (χ1) is 10.8. The predicted octanol–water partition coefficient (Wildman–Crippen LogP) is 3.71. The normalized spacial score (nSPS) is 12.6. The molecule has 112 valence electrons. The summed E-state index contributed by atoms with van der Waals surface area (Å²) in [6.07, 6.45) is 3.29. The Morgan fingerprint density at radius 3 is 2.86 bits per heavy atom. The zero-order valence-electron chi connectivity index (χ0n) is 12.2. The van der Waals surface area contributed by atoms with Gasteiger partial charge in [-0.05, 0) is 42.8 Å². The molecule has 0 aromatic heterocycles. The van der Waals surface area contributed by atoms with Crippen LogP contribution in [-0.2, 0) is 0 Å². The lowest BCUT2D eigenvalue weighted by atomic mass is 10.1. The molecule has 4 heteroatoms. The first-order valence-electron chi connectivity index (χ1n) is 7.12. The minimum absolute atomic E-state index is 0.0956. The molecule has 0 aliphatic carbocycles. The number of para-hydroxylation sites is 1. The SMILES string of the molecule is CCOc1ccccc1C(=O)/C=C/c1ccc2c(c1)OCO2. The van der Waals surface area contributed by atoms with Crippen LogP contribution in [0.4, 0.5) is 0 Å². The number of ketones is 1. The average molecular weight is 296 g/mol. The van der Waals surface area contributed by atoms with E-state index >= 15 is 0 Å². The molecule has 0 bridgehead atoms. The molecular weight excluding hydrogens is 280 g/mol. The van der Waals surface area contributed by atoms with Crippen molar-refractivity contribution in [2.45, 2.75) is 6.92 Å². The molecule has 22 heavy (non-hydrogen) atoms. The quantitative estimate of drug-likeness (QED) is 0.623. The maximum Gasteiger partial charge on any atom is 0.231 e. The minimum Gasteiger partial charge on any atom is -0.493 e. The Hall–Kier alpha value is -2.75. The maximum atomic E-state index is 12.3. The fourth-order valence-electron chi connectivity index (χ4n) is 2.23. The van der Waals surface area contributed by atoms with Gasteiger partial charge in [-0.25, -0.2) is 0 Å². The number of fused-ring (bicyclic) bond motifs is 1. The van der Waals surface area contributed by atoms with Crippen LogP contribution < -0.4 is 14.2 Å². The molecule has 1 heterocycles. The van der Waals surface area contributed by atoms with E-state index in [-0.39, 0.29) is 12.6 Å². The van der Waals surface area contributed by atoms with Crippen LogP contribution in [-0.4, -0.2) is 19.2 Å². The third-order valence-electron chi connectivity index (χ3n) is 3.28. The van der Waals surface area contributed by atoms with E-state index in [1.54, 1.807) is 18.2 Å². The Morgan fingerprint density at radius 1 is 1.18 bits per heavy atom. The lowest BCUT2D eigenvalue weighted by Gasteiger charge is -2.06. The van der Waals surface area contributed by atoms with Gasteiger partial charge in [-0.2, -0.15) is 0 Å². The number of carbonyl (C=O) groups excluding carboxylic acids is 1. The molecule has 4 nitrogen and oxygen atoms in total. The topological polar surface area (TPSA) is 44.8 Å². The summed E-state index contributed by atoms with van der Waals surface area (Å²) in [7, 11) is 0. The fraction of sp³-hybridized carbons (Fsp3) is 0.167. The molecule has 2 aromatic rings. The summed E-state index contributed by atoms with van der Waals surface area (Å²) in [5.41, 5.74) is 1.44. The van der Waals surface area contributed by atoms with Gasteiger partial charge in [0.15, 0.2) is 17.3 Å². The third kappa shape index (κ3) is 2.96. The zero-order valence-corrected chi connectivity index (χ0v) is 12.2. The Kier molecular flexibility index (Phi) is 4.10. The molecule has 0 N–H and O–H groups in total. The van der Waals surface area contributed by atoms with Crippen molar-refractivity contribution in [1.29, 1.82) is 0 Å². The van der Waals surface area contributed by atoms with Crippen LogP contribution >= 0.6 is 0 Å². The number of rotatable bonds is 5. The Bertz CT molecular complexity index is 719. The van der Waals surface area contributed by atoms with E-state index in [0.717, 1.165) is 11.3 Å². The van der Waals surface area contributed by atoms with Crippen LogP contribution in [0.3, 0.4) is 0 Å². The van der Waals surface area contributed by atoms with E-state index in [0.29, 0.717) is 23.7 Å². The van der Waals surface area contributed by atoms with Gasteiger partial charge in [-0.1, -0.05) is 24.3 Å². The molecule has 0 saturated carbocycles. The van der Waals surface area contributed by atoms with Crippen molar-refractivity contribution >= 4 is 11.9 Å². The average Bonchev–Trinajstić information content (AvgIpc) is 3.01. The molecule has 1 aliphatic heterocycles. The second-order valence-electron chi connectivity index (χ2n) is 4.74. The number of benzene rings is 2. The first kappa shape index (κ1) is 14.2. The van der Waals surface area contributed by atoms with E-state index in [1.165, 1.54) is 6.08 Å². The summed E-state index contributed by atoms with van der Waals surface area (Å²) in [6.45, 7) is 2.66. The summed E-state index contributed by atoms with van der Waals surface area (Å²) < 4.78 is 16.1. The van der Waals surface area contributed by atoms with Crippen LogP contribution in [0.25, 0.3) is 6.08 Å². The van der Waals surface area contributed by atoms with Gasteiger partial charge in [0.1, 0.15) is 5.75 Å². The highest BCUT2D eigenvalue weighted by molar-refractivity contribution is 6.08. The van der Waals surface area contributed by atoms with E-state index in [1.807, 2.05) is 37.3 Å². The van der Waals surface area contributed by atoms with E-state index in [9.17, 15) is 4.79 Å². The summed E-state index contributed by atoms with van der Waals surface area (Å²) in [4.78, 5) is 12.3. The molecule has 2 aromatic carbocycles. The fourth-order valence-corrected chi connectivity index (χ4v) is 2.23. The highest BCUT2D eigenvalue weighted by atomic mass is 16.7. The van der Waals surface area contributed by atoms with Gasteiger partial charge in [0.05, 0.1) is 12.2 Å². The van der Waals surface area contributed by atoms with E-state index in [2.05, 4.69) is 0 Å². The monoisotopic (exact) mass is 296 g/mol. The molecule has 0 atom stereocenters. The number of carbonyl (C=O) groups is 1. The molecule has 1 aliphatic rings. The van der Waals surface area contributed by atoms with Crippen molar-refractivity contribution in [3.05, 3.63) is 59.7 Å². The summed E-state index contributed by atoms with van der Waals surface area (Å²) in [5.74, 6) is 1.93. The predicted molar refractivity (Wildman–Crippen MR) is 83.5 cm³/mol. The number of allylic oxidation sites excluding steroid dienone is 1. The van der Waals surface area contributed by atoms with E-state index < -0.39 is 0 Å². The second kappa shape index (κ2) is 6.35. The van der Waals surface area contributed by atoms with Gasteiger partial charge in [-0.3, -0.25) is 4.79 Å². The van der Waals surface area contributed by atoms with Gasteiger partial charge in [-0.15, -0.1) is 0 Å². The van der Waals surface area contributed by atoms with Crippen LogP contribution in [0.2, 0.25) is 0 Å². The molecule has 0 unspecified atom stereocenters. The third-order valence-corrected chi connectivity index (χ3v) is 3.28. The Morgan fingerprint density at radius 2 is 2.00 bits per heavy atom. The molecule has 3 rings (SSSR count). The molecule has 0 spiro atoms. The van der Waals surface area contributed by atoms with Crippen LogP contribution in [0.15, 0.2) is 48.5 Å². The lowest BCUT2D eigenvalue weighted by Crippen LogP contribution is -2.01. The molecular formula is C18H16O4. The molecule has 0 fully saturated rings. The van der Waals surface area contributed by atoms with Crippen LogP contribution in [0, 0.1) is 0 Å². The van der Waals surface area contributed by atoms with E-state index in [4.69, 9.17) is 14.2 Å². The Labute approximate surface area is 128 Å². The summed E-state index contributed by atoms with van der Waals surface area (Å²) >= 11 is 0. The summed E-state index contributed by atoms with van der Waals surface area (Å²) in [6, 6.07) is 12.8. The minimum atomic E-state index is -0.0956. The van der Waals surface area contributed by atoms with Crippen molar-refractivity contribution in [3.8, 4) is 17.2 Å². The van der Waals surface area contributed by atoms with Gasteiger partial charge < -0.3 is 14.2 Å². The van der Waals surface area contributed by atoms with Crippen LogP contribution in [0.1, 0.15) is 22.8 Å². The number of hydrogen-bond donors (Lipinski definition) is 0. The van der Waals surface area contributed by atoms with Gasteiger partial charge in [0.2, 0.25) is 6.79 Å². The molecule has 0 saturated heterocycles. The van der Waals surface area contributed by atoms with Crippen molar-refractivity contribution in [3.63, 3.8) is 0 Å². The molecule has 0 amide bonds. The highest BCUT2D eigenvalue weighted by Crippen LogP contribution is 2.32. The van der Waals surface area contributed by atoms with Gasteiger partial charge in [0, 0.05) is 0 Å². The Balaban J connectivity index is 1.79. The highest BCUT2D eigenvalue weighted by Gasteiger charge is 2.13. The zero-order chi connectivity index (χ0) is 15.4. The van der Waals surface area contributed by atoms with Crippen LogP contribution in [0.5, 0.6) is 17.2 Å².